The molecule has 0 amide bonds. The van der Waals surface area contributed by atoms with Gasteiger partial charge in [0.1, 0.15) is 5.82 Å². The van der Waals surface area contributed by atoms with E-state index in [9.17, 15) is 8.42 Å². The topological polar surface area (TPSA) is 59.1 Å². The molecule has 0 atom stereocenters. The van der Waals surface area contributed by atoms with Crippen LogP contribution in [0.4, 0.5) is 5.82 Å². The summed E-state index contributed by atoms with van der Waals surface area (Å²) in [6.07, 6.45) is 2.25. The minimum atomic E-state index is -3.17. The Hall–Kier alpha value is -1.62. The molecule has 1 aromatic heterocycles. The molecule has 102 valence electrons. The van der Waals surface area contributed by atoms with Gasteiger partial charge in [0, 0.05) is 18.2 Å². The molecule has 0 aliphatic carbocycles. The van der Waals surface area contributed by atoms with Gasteiger partial charge in [-0.05, 0) is 43.2 Å². The minimum absolute atomic E-state index is 0.329. The van der Waals surface area contributed by atoms with Crippen LogP contribution < -0.4 is 5.32 Å². The summed E-state index contributed by atoms with van der Waals surface area (Å²) < 4.78 is 23.1. The second-order valence-corrected chi connectivity index (χ2v) is 6.72. The molecule has 0 fully saturated rings. The molecule has 0 radical (unpaired) electrons. The fourth-order valence-electron chi connectivity index (χ4n) is 1.91. The van der Waals surface area contributed by atoms with E-state index < -0.39 is 9.84 Å². The summed E-state index contributed by atoms with van der Waals surface area (Å²) in [7, 11) is -3.17. The average molecular weight is 278 g/mol. The smallest absolute Gasteiger partial charge is 0.175 e. The Morgan fingerprint density at radius 2 is 2.00 bits per heavy atom. The summed E-state index contributed by atoms with van der Waals surface area (Å²) in [4.78, 5) is 4.86. The van der Waals surface area contributed by atoms with Crippen molar-refractivity contribution in [3.05, 3.63) is 29.8 Å². The summed E-state index contributed by atoms with van der Waals surface area (Å²) in [5, 5.41) is 4.12. The standard InChI is InChI=1S/C14H18N2O2S/c1-4-7-15-14-10(2)8-11-9-12(19(3,17)18)5-6-13(11)16-14/h5-6,8-9H,4,7H2,1-3H3,(H,15,16). The summed E-state index contributed by atoms with van der Waals surface area (Å²) >= 11 is 0. The molecule has 1 N–H and O–H groups in total. The Balaban J connectivity index is 2.52. The first-order valence-electron chi connectivity index (χ1n) is 6.27. The second kappa shape index (κ2) is 5.17. The number of nitrogens with zero attached hydrogens (tertiary/aromatic N) is 1. The minimum Gasteiger partial charge on any atom is -0.370 e. The number of nitrogens with one attached hydrogen (secondary N) is 1. The van der Waals surface area contributed by atoms with E-state index in [4.69, 9.17) is 0 Å². The van der Waals surface area contributed by atoms with E-state index in [2.05, 4.69) is 17.2 Å². The number of hydrogen-bond acceptors (Lipinski definition) is 4. The Morgan fingerprint density at radius 3 is 2.63 bits per heavy atom. The zero-order valence-electron chi connectivity index (χ0n) is 11.4. The van der Waals surface area contributed by atoms with Crippen molar-refractivity contribution in [3.8, 4) is 0 Å². The number of hydrogen-bond donors (Lipinski definition) is 1. The predicted molar refractivity (Wildman–Crippen MR) is 78.4 cm³/mol. The van der Waals surface area contributed by atoms with Crippen LogP contribution >= 0.6 is 0 Å². The van der Waals surface area contributed by atoms with Gasteiger partial charge in [0.15, 0.2) is 9.84 Å². The molecule has 4 nitrogen and oxygen atoms in total. The lowest BCUT2D eigenvalue weighted by Gasteiger charge is -2.09. The highest BCUT2D eigenvalue weighted by atomic mass is 32.2. The third kappa shape index (κ3) is 3.04. The number of rotatable bonds is 4. The number of benzene rings is 1. The molecule has 2 rings (SSSR count). The van der Waals surface area contributed by atoms with Crippen molar-refractivity contribution in [3.63, 3.8) is 0 Å². The van der Waals surface area contributed by atoms with Crippen molar-refractivity contribution in [2.45, 2.75) is 25.2 Å². The third-order valence-corrected chi connectivity index (χ3v) is 4.06. The Bertz CT molecular complexity index is 709. The fraction of sp³-hybridized carbons (Fsp3) is 0.357. The second-order valence-electron chi connectivity index (χ2n) is 4.71. The van der Waals surface area contributed by atoms with Crippen molar-refractivity contribution in [1.29, 1.82) is 0 Å². The molecule has 0 bridgehead atoms. The van der Waals surface area contributed by atoms with E-state index in [1.807, 2.05) is 13.0 Å². The first-order valence-corrected chi connectivity index (χ1v) is 8.16. The van der Waals surface area contributed by atoms with Crippen molar-refractivity contribution in [2.75, 3.05) is 18.1 Å². The highest BCUT2D eigenvalue weighted by Gasteiger charge is 2.09. The van der Waals surface area contributed by atoms with Gasteiger partial charge in [0.25, 0.3) is 0 Å². The van der Waals surface area contributed by atoms with Gasteiger partial charge in [-0.1, -0.05) is 6.92 Å². The molecule has 0 unspecified atom stereocenters. The van der Waals surface area contributed by atoms with Crippen molar-refractivity contribution >= 4 is 26.6 Å². The lowest BCUT2D eigenvalue weighted by atomic mass is 10.1. The number of aromatic nitrogens is 1. The lowest BCUT2D eigenvalue weighted by molar-refractivity contribution is 0.602. The highest BCUT2D eigenvalue weighted by molar-refractivity contribution is 7.90. The van der Waals surface area contributed by atoms with Crippen molar-refractivity contribution in [1.82, 2.24) is 4.98 Å². The van der Waals surface area contributed by atoms with Gasteiger partial charge in [-0.25, -0.2) is 13.4 Å². The van der Waals surface area contributed by atoms with Crippen LogP contribution in [-0.2, 0) is 9.84 Å². The quantitative estimate of drug-likeness (QED) is 0.934. The first-order chi connectivity index (χ1) is 8.91. The maximum atomic E-state index is 11.5. The largest absolute Gasteiger partial charge is 0.370 e. The number of aryl methyl sites for hydroxylation is 1. The maximum absolute atomic E-state index is 11.5. The number of anilines is 1. The number of fused-ring (bicyclic) bond motifs is 1. The zero-order valence-corrected chi connectivity index (χ0v) is 12.2. The van der Waals surface area contributed by atoms with Crippen LogP contribution in [0.3, 0.4) is 0 Å². The van der Waals surface area contributed by atoms with Gasteiger partial charge in [0.05, 0.1) is 10.4 Å². The lowest BCUT2D eigenvalue weighted by Crippen LogP contribution is -2.04. The van der Waals surface area contributed by atoms with Gasteiger partial charge >= 0.3 is 0 Å². The Morgan fingerprint density at radius 1 is 1.26 bits per heavy atom. The molecule has 0 saturated carbocycles. The maximum Gasteiger partial charge on any atom is 0.175 e. The molecule has 1 heterocycles. The summed E-state index contributed by atoms with van der Waals surface area (Å²) in [5.74, 6) is 0.862. The van der Waals surface area contributed by atoms with E-state index >= 15 is 0 Å². The molecular formula is C14H18N2O2S. The van der Waals surface area contributed by atoms with Crippen LogP contribution in [0.15, 0.2) is 29.2 Å². The average Bonchev–Trinajstić information content (AvgIpc) is 2.34. The van der Waals surface area contributed by atoms with E-state index in [1.165, 1.54) is 6.26 Å². The highest BCUT2D eigenvalue weighted by Crippen LogP contribution is 2.22. The molecule has 5 heteroatoms. The van der Waals surface area contributed by atoms with Crippen LogP contribution in [0.25, 0.3) is 10.9 Å². The van der Waals surface area contributed by atoms with Gasteiger partial charge in [-0.2, -0.15) is 0 Å². The molecule has 1 aromatic carbocycles. The Kier molecular flexibility index (Phi) is 3.75. The van der Waals surface area contributed by atoms with Gasteiger partial charge < -0.3 is 5.32 Å². The Labute approximate surface area is 113 Å². The van der Waals surface area contributed by atoms with Gasteiger partial charge in [0.2, 0.25) is 0 Å². The predicted octanol–water partition coefficient (Wildman–Crippen LogP) is 2.77. The number of pyridine rings is 1. The van der Waals surface area contributed by atoms with E-state index in [0.29, 0.717) is 4.90 Å². The van der Waals surface area contributed by atoms with E-state index in [-0.39, 0.29) is 0 Å². The van der Waals surface area contributed by atoms with Crippen LogP contribution in [0.1, 0.15) is 18.9 Å². The van der Waals surface area contributed by atoms with E-state index in [0.717, 1.165) is 35.2 Å². The van der Waals surface area contributed by atoms with Crippen molar-refractivity contribution < 1.29 is 8.42 Å². The monoisotopic (exact) mass is 278 g/mol. The van der Waals surface area contributed by atoms with Crippen LogP contribution in [0, 0.1) is 6.92 Å². The molecule has 0 aliphatic heterocycles. The first kappa shape index (κ1) is 13.8. The summed E-state index contributed by atoms with van der Waals surface area (Å²) in [6.45, 7) is 4.94. The van der Waals surface area contributed by atoms with Gasteiger partial charge in [-0.15, -0.1) is 0 Å². The van der Waals surface area contributed by atoms with Gasteiger partial charge in [-0.3, -0.25) is 0 Å². The molecular weight excluding hydrogens is 260 g/mol. The SMILES string of the molecule is CCCNc1nc2ccc(S(C)(=O)=O)cc2cc1C. The van der Waals surface area contributed by atoms with Crippen molar-refractivity contribution in [2.24, 2.45) is 0 Å². The van der Waals surface area contributed by atoms with Crippen LogP contribution in [0.5, 0.6) is 0 Å². The van der Waals surface area contributed by atoms with Crippen LogP contribution in [0.2, 0.25) is 0 Å². The van der Waals surface area contributed by atoms with E-state index in [1.54, 1.807) is 18.2 Å². The molecule has 2 aromatic rings. The molecule has 0 spiro atoms. The fourth-order valence-corrected chi connectivity index (χ4v) is 2.57. The zero-order chi connectivity index (χ0) is 14.0. The normalized spacial score (nSPS) is 11.7. The molecule has 0 aliphatic rings. The summed E-state index contributed by atoms with van der Waals surface area (Å²) in [5.41, 5.74) is 1.82. The van der Waals surface area contributed by atoms with Crippen LogP contribution in [-0.4, -0.2) is 26.2 Å². The molecule has 19 heavy (non-hydrogen) atoms. The third-order valence-electron chi connectivity index (χ3n) is 2.95. The summed E-state index contributed by atoms with van der Waals surface area (Å²) in [6, 6.07) is 7.00. The number of sulfone groups is 1. The molecule has 0 saturated heterocycles.